The van der Waals surface area contributed by atoms with Crippen molar-refractivity contribution in [2.24, 2.45) is 5.92 Å². The van der Waals surface area contributed by atoms with Crippen LogP contribution in [0.15, 0.2) is 18.2 Å². The second-order valence-corrected chi connectivity index (χ2v) is 6.41. The van der Waals surface area contributed by atoms with Gasteiger partial charge in [-0.25, -0.2) is 0 Å². The number of hydrogen-bond acceptors (Lipinski definition) is 3. The molecule has 20 heavy (non-hydrogen) atoms. The Kier molecular flexibility index (Phi) is 3.63. The molecule has 3 heteroatoms. The van der Waals surface area contributed by atoms with Crippen LogP contribution in [0.25, 0.3) is 0 Å². The molecule has 0 amide bonds. The standard InChI is InChI=1S/C17H25NO2/c1-4-7-18-15-11-17(9-12(2)10-17)20-16-8-13(19-3)5-6-14(15)16/h5-6,8,12,15,18H,4,7,9-11H2,1-3H3. The fourth-order valence-corrected chi connectivity index (χ4v) is 3.74. The van der Waals surface area contributed by atoms with Crippen molar-refractivity contribution in [2.75, 3.05) is 13.7 Å². The van der Waals surface area contributed by atoms with E-state index in [4.69, 9.17) is 9.47 Å². The third-order valence-corrected chi connectivity index (χ3v) is 4.58. The van der Waals surface area contributed by atoms with Crippen LogP contribution in [-0.4, -0.2) is 19.3 Å². The number of hydrogen-bond donors (Lipinski definition) is 1. The summed E-state index contributed by atoms with van der Waals surface area (Å²) in [6, 6.07) is 6.64. The molecule has 2 aliphatic rings. The summed E-state index contributed by atoms with van der Waals surface area (Å²) < 4.78 is 11.7. The van der Waals surface area contributed by atoms with Gasteiger partial charge in [0.05, 0.1) is 7.11 Å². The molecule has 1 aliphatic heterocycles. The number of fused-ring (bicyclic) bond motifs is 1. The van der Waals surface area contributed by atoms with E-state index in [9.17, 15) is 0 Å². The monoisotopic (exact) mass is 275 g/mol. The second kappa shape index (κ2) is 5.28. The number of benzene rings is 1. The molecule has 0 saturated heterocycles. The van der Waals surface area contributed by atoms with Gasteiger partial charge in [-0.15, -0.1) is 0 Å². The van der Waals surface area contributed by atoms with Crippen molar-refractivity contribution in [3.63, 3.8) is 0 Å². The van der Waals surface area contributed by atoms with Crippen LogP contribution in [0.2, 0.25) is 0 Å². The van der Waals surface area contributed by atoms with Gasteiger partial charge in [0, 0.05) is 24.1 Å². The lowest BCUT2D eigenvalue weighted by molar-refractivity contribution is -0.0690. The van der Waals surface area contributed by atoms with Gasteiger partial charge in [0.15, 0.2) is 0 Å². The van der Waals surface area contributed by atoms with Crippen LogP contribution in [0, 0.1) is 5.92 Å². The van der Waals surface area contributed by atoms with Crippen molar-refractivity contribution in [1.82, 2.24) is 5.32 Å². The first kappa shape index (κ1) is 13.7. The predicted octanol–water partition coefficient (Wildman–Crippen LogP) is 3.69. The molecule has 1 unspecified atom stereocenters. The Bertz CT molecular complexity index is 480. The molecule has 3 nitrogen and oxygen atoms in total. The smallest absolute Gasteiger partial charge is 0.128 e. The summed E-state index contributed by atoms with van der Waals surface area (Å²) in [5, 5.41) is 3.68. The molecule has 1 fully saturated rings. The Hall–Kier alpha value is -1.22. The molecular weight excluding hydrogens is 250 g/mol. The zero-order valence-electron chi connectivity index (χ0n) is 12.7. The molecule has 0 radical (unpaired) electrons. The van der Waals surface area contributed by atoms with E-state index in [1.54, 1.807) is 7.11 Å². The minimum atomic E-state index is 0.0597. The minimum absolute atomic E-state index is 0.0597. The van der Waals surface area contributed by atoms with Gasteiger partial charge in [0.1, 0.15) is 17.1 Å². The number of nitrogens with one attached hydrogen (secondary N) is 1. The quantitative estimate of drug-likeness (QED) is 0.909. The average Bonchev–Trinajstić information content (AvgIpc) is 2.42. The van der Waals surface area contributed by atoms with E-state index in [0.717, 1.165) is 36.8 Å². The van der Waals surface area contributed by atoms with Crippen LogP contribution in [0.1, 0.15) is 51.1 Å². The van der Waals surface area contributed by atoms with E-state index in [0.29, 0.717) is 6.04 Å². The predicted molar refractivity (Wildman–Crippen MR) is 80.4 cm³/mol. The highest BCUT2D eigenvalue weighted by Crippen LogP contribution is 2.51. The van der Waals surface area contributed by atoms with Crippen LogP contribution in [0.3, 0.4) is 0 Å². The zero-order valence-corrected chi connectivity index (χ0v) is 12.7. The van der Waals surface area contributed by atoms with Crippen molar-refractivity contribution in [3.05, 3.63) is 23.8 Å². The third-order valence-electron chi connectivity index (χ3n) is 4.58. The Balaban J connectivity index is 1.88. The van der Waals surface area contributed by atoms with Crippen LogP contribution in [0.5, 0.6) is 11.5 Å². The van der Waals surface area contributed by atoms with Gasteiger partial charge in [-0.3, -0.25) is 0 Å². The molecule has 1 aromatic rings. The van der Waals surface area contributed by atoms with Gasteiger partial charge in [0.25, 0.3) is 0 Å². The molecular formula is C17H25NO2. The second-order valence-electron chi connectivity index (χ2n) is 6.41. The van der Waals surface area contributed by atoms with Crippen molar-refractivity contribution in [2.45, 2.75) is 51.2 Å². The molecule has 1 aromatic carbocycles. The molecule has 1 N–H and O–H groups in total. The lowest BCUT2D eigenvalue weighted by Gasteiger charge is -2.51. The number of ether oxygens (including phenoxy) is 2. The molecule has 0 bridgehead atoms. The highest BCUT2D eigenvalue weighted by atomic mass is 16.5. The SMILES string of the molecule is CCCNC1CC2(CC(C)C2)Oc2cc(OC)ccc21. The van der Waals surface area contributed by atoms with Crippen LogP contribution in [0.4, 0.5) is 0 Å². The molecule has 1 atom stereocenters. The third kappa shape index (κ3) is 2.39. The average molecular weight is 275 g/mol. The Morgan fingerprint density at radius 1 is 1.35 bits per heavy atom. The summed E-state index contributed by atoms with van der Waals surface area (Å²) in [5.41, 5.74) is 1.34. The van der Waals surface area contributed by atoms with Gasteiger partial charge in [-0.2, -0.15) is 0 Å². The van der Waals surface area contributed by atoms with E-state index in [1.807, 2.05) is 12.1 Å². The summed E-state index contributed by atoms with van der Waals surface area (Å²) in [5.74, 6) is 2.67. The van der Waals surface area contributed by atoms with Crippen molar-refractivity contribution in [3.8, 4) is 11.5 Å². The van der Waals surface area contributed by atoms with Gasteiger partial charge < -0.3 is 14.8 Å². The summed E-state index contributed by atoms with van der Waals surface area (Å²) in [6.45, 7) is 5.58. The van der Waals surface area contributed by atoms with Crippen molar-refractivity contribution >= 4 is 0 Å². The van der Waals surface area contributed by atoms with E-state index in [2.05, 4.69) is 25.2 Å². The zero-order chi connectivity index (χ0) is 14.2. The van der Waals surface area contributed by atoms with E-state index in [-0.39, 0.29) is 5.60 Å². The lowest BCUT2D eigenvalue weighted by atomic mass is 9.67. The minimum Gasteiger partial charge on any atom is -0.497 e. The first-order valence-electron chi connectivity index (χ1n) is 7.76. The topological polar surface area (TPSA) is 30.5 Å². The maximum Gasteiger partial charge on any atom is 0.128 e. The maximum atomic E-state index is 6.36. The molecule has 1 spiro atoms. The number of methoxy groups -OCH3 is 1. The van der Waals surface area contributed by atoms with Gasteiger partial charge in [0.2, 0.25) is 0 Å². The molecule has 1 aliphatic carbocycles. The Labute approximate surface area is 121 Å². The molecule has 3 rings (SSSR count). The first-order chi connectivity index (χ1) is 9.65. The van der Waals surface area contributed by atoms with E-state index in [1.165, 1.54) is 18.4 Å². The molecule has 0 aromatic heterocycles. The first-order valence-corrected chi connectivity index (χ1v) is 7.76. The summed E-state index contributed by atoms with van der Waals surface area (Å²) in [4.78, 5) is 0. The van der Waals surface area contributed by atoms with Gasteiger partial charge >= 0.3 is 0 Å². The van der Waals surface area contributed by atoms with E-state index >= 15 is 0 Å². The molecule has 1 saturated carbocycles. The van der Waals surface area contributed by atoms with Crippen molar-refractivity contribution in [1.29, 1.82) is 0 Å². The van der Waals surface area contributed by atoms with Crippen LogP contribution < -0.4 is 14.8 Å². The van der Waals surface area contributed by atoms with Gasteiger partial charge in [-0.1, -0.05) is 19.9 Å². The Morgan fingerprint density at radius 2 is 2.15 bits per heavy atom. The highest BCUT2D eigenvalue weighted by Gasteiger charge is 2.49. The largest absolute Gasteiger partial charge is 0.497 e. The Morgan fingerprint density at radius 3 is 2.80 bits per heavy atom. The summed E-state index contributed by atoms with van der Waals surface area (Å²) in [7, 11) is 1.71. The fourth-order valence-electron chi connectivity index (χ4n) is 3.74. The molecule has 1 heterocycles. The highest BCUT2D eigenvalue weighted by molar-refractivity contribution is 5.45. The van der Waals surface area contributed by atoms with Crippen LogP contribution >= 0.6 is 0 Å². The van der Waals surface area contributed by atoms with Gasteiger partial charge in [-0.05, 0) is 37.8 Å². The van der Waals surface area contributed by atoms with Crippen LogP contribution in [-0.2, 0) is 0 Å². The molecule has 110 valence electrons. The summed E-state index contributed by atoms with van der Waals surface area (Å²) >= 11 is 0. The number of rotatable bonds is 4. The normalized spacial score (nSPS) is 31.4. The fraction of sp³-hybridized carbons (Fsp3) is 0.647. The maximum absolute atomic E-state index is 6.36. The van der Waals surface area contributed by atoms with Crippen molar-refractivity contribution < 1.29 is 9.47 Å². The van der Waals surface area contributed by atoms with E-state index < -0.39 is 0 Å². The lowest BCUT2D eigenvalue weighted by Crippen LogP contribution is -2.52. The summed E-state index contributed by atoms with van der Waals surface area (Å²) in [6.07, 6.45) is 4.60.